The molecular weight excluding hydrogens is 310 g/mol. The van der Waals surface area contributed by atoms with Crippen molar-refractivity contribution in [3.8, 4) is 17.0 Å². The van der Waals surface area contributed by atoms with Crippen LogP contribution in [0.4, 0.5) is 0 Å². The molecule has 0 radical (unpaired) electrons. The molecule has 0 aliphatic rings. The third-order valence-corrected chi connectivity index (χ3v) is 4.45. The van der Waals surface area contributed by atoms with Crippen LogP contribution in [0.15, 0.2) is 35.8 Å². The molecule has 2 aromatic heterocycles. The number of amides is 1. The van der Waals surface area contributed by atoms with Crippen LogP contribution in [0, 0.1) is 0 Å². The molecule has 0 fully saturated rings. The topological polar surface area (TPSA) is 55.6 Å². The Bertz CT molecular complexity index is 822. The van der Waals surface area contributed by atoms with Crippen molar-refractivity contribution < 1.29 is 9.53 Å². The van der Waals surface area contributed by atoms with Crippen molar-refractivity contribution in [1.82, 2.24) is 14.7 Å². The van der Waals surface area contributed by atoms with Crippen LogP contribution in [0.5, 0.6) is 5.75 Å². The standard InChI is InChI=1S/C17H19N3O2S/c1-3-7-18-16(21)9-13-11-23-17-19-15(10-20(13)17)12-5-4-6-14(8-12)22-2/h4-6,8,10-11H,3,7,9H2,1-2H3,(H,18,21). The molecule has 0 aliphatic carbocycles. The number of imidazole rings is 1. The summed E-state index contributed by atoms with van der Waals surface area (Å²) >= 11 is 1.55. The lowest BCUT2D eigenvalue weighted by Gasteiger charge is -2.02. The zero-order chi connectivity index (χ0) is 16.2. The van der Waals surface area contributed by atoms with Gasteiger partial charge < -0.3 is 10.1 Å². The Labute approximate surface area is 138 Å². The lowest BCUT2D eigenvalue weighted by Crippen LogP contribution is -2.26. The van der Waals surface area contributed by atoms with Crippen LogP contribution in [0.2, 0.25) is 0 Å². The molecule has 3 rings (SSSR count). The fourth-order valence-electron chi connectivity index (χ4n) is 2.37. The number of methoxy groups -OCH3 is 1. The number of thiazole rings is 1. The number of carbonyl (C=O) groups excluding carboxylic acids is 1. The number of rotatable bonds is 6. The van der Waals surface area contributed by atoms with E-state index in [-0.39, 0.29) is 5.91 Å². The van der Waals surface area contributed by atoms with E-state index in [1.165, 1.54) is 0 Å². The molecule has 3 aromatic rings. The van der Waals surface area contributed by atoms with Gasteiger partial charge in [-0.15, -0.1) is 11.3 Å². The Morgan fingerprint density at radius 3 is 3.09 bits per heavy atom. The number of hydrogen-bond donors (Lipinski definition) is 1. The number of carbonyl (C=O) groups is 1. The minimum Gasteiger partial charge on any atom is -0.497 e. The zero-order valence-electron chi connectivity index (χ0n) is 13.2. The molecule has 120 valence electrons. The first-order chi connectivity index (χ1) is 11.2. The predicted octanol–water partition coefficient (Wildman–Crippen LogP) is 3.14. The van der Waals surface area contributed by atoms with Crippen LogP contribution in [0.1, 0.15) is 19.0 Å². The summed E-state index contributed by atoms with van der Waals surface area (Å²) in [4.78, 5) is 17.4. The average molecular weight is 329 g/mol. The highest BCUT2D eigenvalue weighted by molar-refractivity contribution is 7.15. The Hall–Kier alpha value is -2.34. The van der Waals surface area contributed by atoms with Crippen LogP contribution in [0.25, 0.3) is 16.2 Å². The normalized spacial score (nSPS) is 10.9. The van der Waals surface area contributed by atoms with Crippen molar-refractivity contribution >= 4 is 22.2 Å². The van der Waals surface area contributed by atoms with E-state index in [9.17, 15) is 4.79 Å². The van der Waals surface area contributed by atoms with Gasteiger partial charge in [0.25, 0.3) is 0 Å². The smallest absolute Gasteiger partial charge is 0.225 e. The van der Waals surface area contributed by atoms with Gasteiger partial charge in [0.1, 0.15) is 5.75 Å². The molecule has 1 amide bonds. The number of nitrogens with zero attached hydrogens (tertiary/aromatic N) is 2. The van der Waals surface area contributed by atoms with Crippen molar-refractivity contribution in [2.24, 2.45) is 0 Å². The van der Waals surface area contributed by atoms with Gasteiger partial charge in [-0.05, 0) is 18.6 Å². The number of nitrogens with one attached hydrogen (secondary N) is 1. The minimum absolute atomic E-state index is 0.0446. The van der Waals surface area contributed by atoms with Crippen molar-refractivity contribution in [3.63, 3.8) is 0 Å². The van der Waals surface area contributed by atoms with Crippen molar-refractivity contribution in [3.05, 3.63) is 41.5 Å². The van der Waals surface area contributed by atoms with E-state index < -0.39 is 0 Å². The molecule has 0 saturated carbocycles. The predicted molar refractivity (Wildman–Crippen MR) is 92.1 cm³/mol. The van der Waals surface area contributed by atoms with E-state index in [4.69, 9.17) is 4.74 Å². The Balaban J connectivity index is 1.86. The first-order valence-electron chi connectivity index (χ1n) is 7.58. The second-order valence-electron chi connectivity index (χ2n) is 5.26. The molecule has 0 bridgehead atoms. The molecule has 2 heterocycles. The van der Waals surface area contributed by atoms with E-state index in [1.54, 1.807) is 18.4 Å². The van der Waals surface area contributed by atoms with Gasteiger partial charge in [0.05, 0.1) is 19.2 Å². The van der Waals surface area contributed by atoms with Crippen molar-refractivity contribution in [1.29, 1.82) is 0 Å². The summed E-state index contributed by atoms with van der Waals surface area (Å²) in [5.41, 5.74) is 2.84. The van der Waals surface area contributed by atoms with E-state index >= 15 is 0 Å². The summed E-state index contributed by atoms with van der Waals surface area (Å²) in [7, 11) is 1.65. The number of fused-ring (bicyclic) bond motifs is 1. The molecule has 23 heavy (non-hydrogen) atoms. The van der Waals surface area contributed by atoms with E-state index in [0.717, 1.165) is 34.1 Å². The van der Waals surface area contributed by atoms with Gasteiger partial charge in [0, 0.05) is 29.4 Å². The maximum atomic E-state index is 11.9. The average Bonchev–Trinajstić information content (AvgIpc) is 3.15. The van der Waals surface area contributed by atoms with Gasteiger partial charge in [0.15, 0.2) is 4.96 Å². The molecule has 5 nitrogen and oxygen atoms in total. The number of ether oxygens (including phenoxy) is 1. The van der Waals surface area contributed by atoms with Gasteiger partial charge in [-0.2, -0.15) is 0 Å². The summed E-state index contributed by atoms with van der Waals surface area (Å²) < 4.78 is 7.25. The zero-order valence-corrected chi connectivity index (χ0v) is 14.0. The SMILES string of the molecule is CCCNC(=O)Cc1csc2nc(-c3cccc(OC)c3)cn12. The number of benzene rings is 1. The highest BCUT2D eigenvalue weighted by Gasteiger charge is 2.12. The van der Waals surface area contributed by atoms with Crippen LogP contribution in [-0.2, 0) is 11.2 Å². The highest BCUT2D eigenvalue weighted by atomic mass is 32.1. The summed E-state index contributed by atoms with van der Waals surface area (Å²) in [6.45, 7) is 2.75. The van der Waals surface area contributed by atoms with Gasteiger partial charge in [-0.3, -0.25) is 9.20 Å². The minimum atomic E-state index is 0.0446. The van der Waals surface area contributed by atoms with Crippen LogP contribution < -0.4 is 10.1 Å². The molecule has 1 aromatic carbocycles. The van der Waals surface area contributed by atoms with Crippen LogP contribution in [-0.4, -0.2) is 28.9 Å². The first-order valence-corrected chi connectivity index (χ1v) is 8.46. The number of aromatic nitrogens is 2. The lowest BCUT2D eigenvalue weighted by atomic mass is 10.1. The molecular formula is C17H19N3O2S. The second kappa shape index (κ2) is 6.83. The Morgan fingerprint density at radius 1 is 1.43 bits per heavy atom. The number of hydrogen-bond acceptors (Lipinski definition) is 4. The van der Waals surface area contributed by atoms with Crippen LogP contribution >= 0.6 is 11.3 Å². The Kier molecular flexibility index (Phi) is 4.62. The molecule has 0 atom stereocenters. The van der Waals surface area contributed by atoms with E-state index in [2.05, 4.69) is 10.3 Å². The van der Waals surface area contributed by atoms with E-state index in [0.29, 0.717) is 13.0 Å². The molecule has 6 heteroatoms. The summed E-state index contributed by atoms with van der Waals surface area (Å²) in [5, 5.41) is 4.89. The monoisotopic (exact) mass is 329 g/mol. The van der Waals surface area contributed by atoms with Crippen molar-refractivity contribution in [2.75, 3.05) is 13.7 Å². The fraction of sp³-hybridized carbons (Fsp3) is 0.294. The third kappa shape index (κ3) is 3.37. The van der Waals surface area contributed by atoms with Gasteiger partial charge in [0.2, 0.25) is 5.91 Å². The third-order valence-electron chi connectivity index (χ3n) is 3.56. The Morgan fingerprint density at radius 2 is 2.30 bits per heavy atom. The lowest BCUT2D eigenvalue weighted by molar-refractivity contribution is -0.120. The van der Waals surface area contributed by atoms with Crippen LogP contribution in [0.3, 0.4) is 0 Å². The van der Waals surface area contributed by atoms with Gasteiger partial charge in [-0.25, -0.2) is 4.98 Å². The molecule has 0 aliphatic heterocycles. The largest absolute Gasteiger partial charge is 0.497 e. The molecule has 0 saturated heterocycles. The maximum absolute atomic E-state index is 11.9. The first kappa shape index (κ1) is 15.6. The summed E-state index contributed by atoms with van der Waals surface area (Å²) in [5.74, 6) is 0.848. The molecule has 0 unspecified atom stereocenters. The fourth-order valence-corrected chi connectivity index (χ4v) is 3.24. The highest BCUT2D eigenvalue weighted by Crippen LogP contribution is 2.26. The molecule has 0 spiro atoms. The molecule has 1 N–H and O–H groups in total. The maximum Gasteiger partial charge on any atom is 0.225 e. The summed E-state index contributed by atoms with van der Waals surface area (Å²) in [6, 6.07) is 7.81. The van der Waals surface area contributed by atoms with Gasteiger partial charge in [-0.1, -0.05) is 19.1 Å². The van der Waals surface area contributed by atoms with Crippen molar-refractivity contribution in [2.45, 2.75) is 19.8 Å². The van der Waals surface area contributed by atoms with E-state index in [1.807, 2.05) is 47.2 Å². The quantitative estimate of drug-likeness (QED) is 0.756. The summed E-state index contributed by atoms with van der Waals surface area (Å²) in [6.07, 6.45) is 3.28. The van der Waals surface area contributed by atoms with Gasteiger partial charge >= 0.3 is 0 Å². The second-order valence-corrected chi connectivity index (χ2v) is 6.10.